The number of hydrogen-bond acceptors (Lipinski definition) is 3. The van der Waals surface area contributed by atoms with Crippen LogP contribution in [-0.2, 0) is 9.59 Å². The molecule has 1 aromatic carbocycles. The van der Waals surface area contributed by atoms with E-state index in [9.17, 15) is 9.59 Å². The maximum absolute atomic E-state index is 11.6. The number of nitrogens with zero attached hydrogens (tertiary/aromatic N) is 1. The van der Waals surface area contributed by atoms with Gasteiger partial charge in [-0.1, -0.05) is 6.07 Å². The largest absolute Gasteiger partial charge is 0.497 e. The lowest BCUT2D eigenvalue weighted by Gasteiger charge is -2.17. The quantitative estimate of drug-likeness (QED) is 0.726. The van der Waals surface area contributed by atoms with Gasteiger partial charge in [0.2, 0.25) is 5.91 Å². The van der Waals surface area contributed by atoms with E-state index in [0.717, 1.165) is 0 Å². The number of amides is 1. The van der Waals surface area contributed by atoms with Crippen LogP contribution in [0.2, 0.25) is 0 Å². The van der Waals surface area contributed by atoms with E-state index in [2.05, 4.69) is 0 Å². The second-order valence-electron chi connectivity index (χ2n) is 3.53. The second kappa shape index (κ2) is 5.30. The van der Waals surface area contributed by atoms with E-state index < -0.39 is 0 Å². The van der Waals surface area contributed by atoms with Crippen molar-refractivity contribution in [1.82, 2.24) is 0 Å². The molecule has 0 atom stereocenters. The molecule has 0 unspecified atom stereocenters. The molecule has 0 saturated heterocycles. The second-order valence-corrected chi connectivity index (χ2v) is 3.53. The molecule has 0 aromatic heterocycles. The summed E-state index contributed by atoms with van der Waals surface area (Å²) < 4.78 is 5.06. The Balaban J connectivity index is 2.82. The fraction of sp³-hybridized carbons (Fsp3) is 0.333. The molecule has 1 rings (SSSR count). The lowest BCUT2D eigenvalue weighted by Crippen LogP contribution is -2.27. The molecule has 0 aliphatic carbocycles. The Bertz CT molecular complexity index is 401. The highest BCUT2D eigenvalue weighted by Crippen LogP contribution is 2.20. The molecular weight excluding hydrogens is 206 g/mol. The summed E-state index contributed by atoms with van der Waals surface area (Å²) >= 11 is 0. The summed E-state index contributed by atoms with van der Waals surface area (Å²) in [6, 6.07) is 7.14. The summed E-state index contributed by atoms with van der Waals surface area (Å²) in [4.78, 5) is 23.9. The Morgan fingerprint density at radius 3 is 2.62 bits per heavy atom. The lowest BCUT2D eigenvalue weighted by molar-refractivity contribution is -0.125. The van der Waals surface area contributed by atoms with Crippen LogP contribution in [0.1, 0.15) is 13.3 Å². The van der Waals surface area contributed by atoms with Crippen molar-refractivity contribution in [2.24, 2.45) is 0 Å². The number of ether oxygens (including phenoxy) is 1. The van der Waals surface area contributed by atoms with Crippen LogP contribution in [-0.4, -0.2) is 25.8 Å². The predicted octanol–water partition coefficient (Wildman–Crippen LogP) is 1.64. The Labute approximate surface area is 94.8 Å². The van der Waals surface area contributed by atoms with E-state index >= 15 is 0 Å². The highest BCUT2D eigenvalue weighted by Gasteiger charge is 2.13. The molecule has 0 N–H and O–H groups in total. The molecule has 1 aromatic rings. The molecule has 0 saturated carbocycles. The number of carbonyl (C=O) groups is 2. The first-order chi connectivity index (χ1) is 7.54. The number of Topliss-reactive ketones (excluding diaryl/α,β-unsaturated/α-hetero) is 1. The monoisotopic (exact) mass is 221 g/mol. The topological polar surface area (TPSA) is 46.6 Å². The number of ketones is 1. The lowest BCUT2D eigenvalue weighted by atomic mass is 10.2. The third-order valence-electron chi connectivity index (χ3n) is 2.21. The smallest absolute Gasteiger partial charge is 0.234 e. The number of methoxy groups -OCH3 is 1. The molecule has 0 fully saturated rings. The van der Waals surface area contributed by atoms with Gasteiger partial charge < -0.3 is 9.64 Å². The van der Waals surface area contributed by atoms with E-state index in [1.54, 1.807) is 38.4 Å². The first-order valence-corrected chi connectivity index (χ1v) is 4.94. The molecule has 4 heteroatoms. The minimum atomic E-state index is -0.222. The van der Waals surface area contributed by atoms with E-state index in [1.807, 2.05) is 0 Å². The van der Waals surface area contributed by atoms with Crippen LogP contribution in [0.4, 0.5) is 5.69 Å². The molecular formula is C12H15NO3. The highest BCUT2D eigenvalue weighted by atomic mass is 16.5. The molecule has 16 heavy (non-hydrogen) atoms. The van der Waals surface area contributed by atoms with E-state index in [1.165, 1.54) is 11.8 Å². The Morgan fingerprint density at radius 1 is 1.38 bits per heavy atom. The molecule has 86 valence electrons. The van der Waals surface area contributed by atoms with Gasteiger partial charge in [-0.25, -0.2) is 0 Å². The number of carbonyl (C=O) groups excluding carboxylic acids is 2. The van der Waals surface area contributed by atoms with E-state index in [0.29, 0.717) is 11.4 Å². The number of anilines is 1. The van der Waals surface area contributed by atoms with Crippen molar-refractivity contribution in [1.29, 1.82) is 0 Å². The zero-order valence-corrected chi connectivity index (χ0v) is 9.69. The van der Waals surface area contributed by atoms with Crippen molar-refractivity contribution in [3.63, 3.8) is 0 Å². The fourth-order valence-electron chi connectivity index (χ4n) is 1.29. The summed E-state index contributed by atoms with van der Waals surface area (Å²) in [5, 5.41) is 0. The van der Waals surface area contributed by atoms with Crippen LogP contribution in [0, 0.1) is 0 Å². The van der Waals surface area contributed by atoms with Crippen LogP contribution in [0.5, 0.6) is 5.75 Å². The van der Waals surface area contributed by atoms with Gasteiger partial charge in [0, 0.05) is 18.8 Å². The van der Waals surface area contributed by atoms with Gasteiger partial charge in [0.05, 0.1) is 13.5 Å². The Hall–Kier alpha value is -1.84. The summed E-state index contributed by atoms with van der Waals surface area (Å²) in [7, 11) is 3.20. The van der Waals surface area contributed by atoms with Crippen molar-refractivity contribution in [3.05, 3.63) is 24.3 Å². The standard InChI is InChI=1S/C12H15NO3/c1-9(14)7-12(15)13(2)10-5-4-6-11(8-10)16-3/h4-6,8H,7H2,1-3H3. The molecule has 4 nitrogen and oxygen atoms in total. The van der Waals surface area contributed by atoms with Gasteiger partial charge in [-0.05, 0) is 19.1 Å². The van der Waals surface area contributed by atoms with Gasteiger partial charge in [-0.2, -0.15) is 0 Å². The first-order valence-electron chi connectivity index (χ1n) is 4.94. The number of benzene rings is 1. The third-order valence-corrected chi connectivity index (χ3v) is 2.21. The van der Waals surface area contributed by atoms with Crippen LogP contribution in [0.15, 0.2) is 24.3 Å². The minimum Gasteiger partial charge on any atom is -0.497 e. The molecule has 0 radical (unpaired) electrons. The predicted molar refractivity (Wildman–Crippen MR) is 61.7 cm³/mol. The molecule has 0 heterocycles. The average Bonchev–Trinajstić information content (AvgIpc) is 2.27. The van der Waals surface area contributed by atoms with Crippen molar-refractivity contribution in [3.8, 4) is 5.75 Å². The first kappa shape index (κ1) is 12.2. The average molecular weight is 221 g/mol. The van der Waals surface area contributed by atoms with Gasteiger partial charge in [-0.15, -0.1) is 0 Å². The summed E-state index contributed by atoms with van der Waals surface area (Å²) in [5.74, 6) is 0.320. The molecule has 0 bridgehead atoms. The van der Waals surface area contributed by atoms with Gasteiger partial charge in [0.1, 0.15) is 11.5 Å². The zero-order valence-electron chi connectivity index (χ0n) is 9.69. The number of hydrogen-bond donors (Lipinski definition) is 0. The summed E-state index contributed by atoms with van der Waals surface area (Å²) in [6.45, 7) is 1.40. The van der Waals surface area contributed by atoms with Crippen LogP contribution in [0.25, 0.3) is 0 Å². The van der Waals surface area contributed by atoms with E-state index in [-0.39, 0.29) is 18.1 Å². The summed E-state index contributed by atoms with van der Waals surface area (Å²) in [6.07, 6.45) is -0.0757. The fourth-order valence-corrected chi connectivity index (χ4v) is 1.29. The van der Waals surface area contributed by atoms with Crippen LogP contribution < -0.4 is 9.64 Å². The molecule has 1 amide bonds. The maximum Gasteiger partial charge on any atom is 0.234 e. The van der Waals surface area contributed by atoms with Gasteiger partial charge in [-0.3, -0.25) is 9.59 Å². The van der Waals surface area contributed by atoms with Crippen molar-refractivity contribution < 1.29 is 14.3 Å². The van der Waals surface area contributed by atoms with Gasteiger partial charge in [0.15, 0.2) is 0 Å². The maximum atomic E-state index is 11.6. The van der Waals surface area contributed by atoms with E-state index in [4.69, 9.17) is 4.74 Å². The normalized spacial score (nSPS) is 9.69. The molecule has 0 aliphatic heterocycles. The highest BCUT2D eigenvalue weighted by molar-refractivity contribution is 6.04. The van der Waals surface area contributed by atoms with Crippen LogP contribution >= 0.6 is 0 Å². The number of rotatable bonds is 4. The minimum absolute atomic E-state index is 0.0757. The van der Waals surface area contributed by atoms with Crippen molar-refractivity contribution in [2.45, 2.75) is 13.3 Å². The Morgan fingerprint density at radius 2 is 2.06 bits per heavy atom. The Kier molecular flexibility index (Phi) is 4.05. The van der Waals surface area contributed by atoms with Gasteiger partial charge >= 0.3 is 0 Å². The van der Waals surface area contributed by atoms with Crippen molar-refractivity contribution in [2.75, 3.05) is 19.1 Å². The summed E-state index contributed by atoms with van der Waals surface area (Å²) in [5.41, 5.74) is 0.714. The SMILES string of the molecule is COc1cccc(N(C)C(=O)CC(C)=O)c1. The van der Waals surface area contributed by atoms with Crippen LogP contribution in [0.3, 0.4) is 0 Å². The molecule has 0 spiro atoms. The zero-order chi connectivity index (χ0) is 12.1. The van der Waals surface area contributed by atoms with Gasteiger partial charge in [0.25, 0.3) is 0 Å². The van der Waals surface area contributed by atoms with Crippen molar-refractivity contribution >= 4 is 17.4 Å². The third kappa shape index (κ3) is 3.08. The molecule has 0 aliphatic rings.